The van der Waals surface area contributed by atoms with Crippen molar-refractivity contribution in [1.82, 2.24) is 4.90 Å². The van der Waals surface area contributed by atoms with Crippen LogP contribution in [0.3, 0.4) is 0 Å². The van der Waals surface area contributed by atoms with Gasteiger partial charge in [0, 0.05) is 31.2 Å². The number of carbonyl (C=O) groups excluding carboxylic acids is 1. The summed E-state index contributed by atoms with van der Waals surface area (Å²) < 4.78 is 98.6. The van der Waals surface area contributed by atoms with Crippen LogP contribution in [-0.2, 0) is 11.0 Å². The van der Waals surface area contributed by atoms with Gasteiger partial charge < -0.3 is 9.80 Å². The van der Waals surface area contributed by atoms with Gasteiger partial charge >= 0.3 is 16.4 Å². The Labute approximate surface area is 197 Å². The molecule has 1 saturated carbocycles. The number of carbonyl (C=O) groups is 1. The zero-order valence-electron chi connectivity index (χ0n) is 17.8. The maximum Gasteiger partial charge on any atom is 0.418 e. The van der Waals surface area contributed by atoms with Crippen molar-refractivity contribution in [2.24, 2.45) is 0 Å². The van der Waals surface area contributed by atoms with Gasteiger partial charge in [-0.25, -0.2) is 0 Å². The standard InChI is InChI=1S/C12H12ClF3N2O.C6H5F5S.C3H6/c13-9-1-2-10(12(14,15)16)11(7-9)18-5-3-17(8-19)4-6-18;7-12(8,9,10,11)6-4-2-1-3-5-6;1-2-3-1/h1-2,7-8H,3-6H2;1-5H;1-3H2. The van der Waals surface area contributed by atoms with Crippen molar-refractivity contribution < 1.29 is 37.4 Å². The van der Waals surface area contributed by atoms with Gasteiger partial charge in [-0.3, -0.25) is 4.79 Å². The summed E-state index contributed by atoms with van der Waals surface area (Å²) >= 11 is 5.78. The minimum Gasteiger partial charge on any atom is -0.367 e. The van der Waals surface area contributed by atoms with E-state index >= 15 is 0 Å². The largest absolute Gasteiger partial charge is 0.418 e. The third-order valence-corrected chi connectivity index (χ3v) is 6.01. The lowest BCUT2D eigenvalue weighted by Gasteiger charge is -2.40. The zero-order chi connectivity index (χ0) is 25.7. The number of halogens is 9. The molecule has 1 aliphatic carbocycles. The van der Waals surface area contributed by atoms with E-state index in [1.165, 1.54) is 42.4 Å². The SMILES string of the molecule is C1CC1.FS(F)(F)(F)(F)c1ccccc1.O=CN1CCN(c2cc(Cl)ccc2C(F)(F)F)CC1. The summed E-state index contributed by atoms with van der Waals surface area (Å²) in [5.41, 5.74) is -0.623. The van der Waals surface area contributed by atoms with Crippen LogP contribution in [0.5, 0.6) is 0 Å². The van der Waals surface area contributed by atoms with Gasteiger partial charge in [0.1, 0.15) is 4.90 Å². The molecule has 1 saturated heterocycles. The average Bonchev–Trinajstić information content (AvgIpc) is 3.62. The van der Waals surface area contributed by atoms with Gasteiger partial charge in [0.05, 0.1) is 11.3 Å². The van der Waals surface area contributed by atoms with Gasteiger partial charge in [-0.1, -0.05) is 68.5 Å². The molecule has 0 N–H and O–H groups in total. The molecule has 13 heteroatoms. The quantitative estimate of drug-likeness (QED) is 0.291. The zero-order valence-corrected chi connectivity index (χ0v) is 19.3. The maximum atomic E-state index is 12.9. The molecule has 0 radical (unpaired) electrons. The van der Waals surface area contributed by atoms with E-state index in [4.69, 9.17) is 11.6 Å². The van der Waals surface area contributed by atoms with E-state index < -0.39 is 26.9 Å². The highest BCUT2D eigenvalue weighted by molar-refractivity contribution is 8.45. The maximum absolute atomic E-state index is 12.9. The molecule has 4 rings (SSSR count). The first kappa shape index (κ1) is 28.0. The van der Waals surface area contributed by atoms with Crippen LogP contribution in [0.15, 0.2) is 53.4 Å². The number of nitrogens with zero attached hydrogens (tertiary/aromatic N) is 2. The second kappa shape index (κ2) is 9.80. The second-order valence-corrected chi connectivity index (χ2v) is 10.5. The number of piperazine rings is 1. The lowest BCUT2D eigenvalue weighted by Crippen LogP contribution is -2.46. The molecule has 2 aromatic rings. The van der Waals surface area contributed by atoms with Crippen molar-refractivity contribution in [3.8, 4) is 0 Å². The first-order chi connectivity index (χ1) is 15.5. The number of amides is 1. The normalized spacial score (nSPS) is 17.8. The predicted octanol–water partition coefficient (Wildman–Crippen LogP) is 8.15. The summed E-state index contributed by atoms with van der Waals surface area (Å²) in [6, 6.07) is 7.36. The molecular weight excluding hydrogens is 516 g/mol. The minimum absolute atomic E-state index is 0.0746. The van der Waals surface area contributed by atoms with Crippen molar-refractivity contribution in [3.05, 3.63) is 59.1 Å². The lowest BCUT2D eigenvalue weighted by molar-refractivity contribution is -0.137. The van der Waals surface area contributed by atoms with E-state index in [0.29, 0.717) is 44.7 Å². The van der Waals surface area contributed by atoms with E-state index in [1.54, 1.807) is 4.90 Å². The Hall–Kier alpha value is -2.21. The molecule has 34 heavy (non-hydrogen) atoms. The topological polar surface area (TPSA) is 23.6 Å². The molecule has 1 amide bonds. The second-order valence-electron chi connectivity index (χ2n) is 7.63. The number of rotatable bonds is 3. The van der Waals surface area contributed by atoms with Crippen LogP contribution in [0, 0.1) is 0 Å². The van der Waals surface area contributed by atoms with Gasteiger partial charge in [-0.2, -0.15) is 13.2 Å². The van der Waals surface area contributed by atoms with Gasteiger partial charge in [-0.05, 0) is 30.3 Å². The number of anilines is 1. The Balaban J connectivity index is 0.000000230. The fourth-order valence-electron chi connectivity index (χ4n) is 2.75. The molecule has 0 aromatic heterocycles. The Morgan fingerprint density at radius 2 is 1.35 bits per heavy atom. The van der Waals surface area contributed by atoms with Crippen molar-refractivity contribution in [2.45, 2.75) is 30.3 Å². The van der Waals surface area contributed by atoms with E-state index in [0.717, 1.165) is 18.2 Å². The Bertz CT molecular complexity index is 958. The van der Waals surface area contributed by atoms with Gasteiger partial charge in [0.25, 0.3) is 0 Å². The molecule has 2 aromatic carbocycles. The summed E-state index contributed by atoms with van der Waals surface area (Å²) in [4.78, 5) is 11.9. The highest BCUT2D eigenvalue weighted by Crippen LogP contribution is 3.02. The van der Waals surface area contributed by atoms with E-state index in [2.05, 4.69) is 0 Å². The minimum atomic E-state index is -9.43. The molecular formula is C21H23ClF8N2OS. The summed E-state index contributed by atoms with van der Waals surface area (Å²) in [6.45, 7) is 1.55. The Morgan fingerprint density at radius 3 is 1.74 bits per heavy atom. The van der Waals surface area contributed by atoms with Crippen molar-refractivity contribution in [2.75, 3.05) is 31.1 Å². The number of benzene rings is 2. The number of alkyl halides is 3. The Kier molecular flexibility index (Phi) is 8.08. The van der Waals surface area contributed by atoms with Crippen LogP contribution in [0.1, 0.15) is 24.8 Å². The molecule has 192 valence electrons. The van der Waals surface area contributed by atoms with Crippen LogP contribution in [0.2, 0.25) is 5.02 Å². The highest BCUT2D eigenvalue weighted by Gasteiger charge is 2.65. The molecule has 0 unspecified atom stereocenters. The van der Waals surface area contributed by atoms with E-state index in [1.807, 2.05) is 0 Å². The highest BCUT2D eigenvalue weighted by atomic mass is 35.5. The van der Waals surface area contributed by atoms with E-state index in [-0.39, 0.29) is 10.7 Å². The van der Waals surface area contributed by atoms with Gasteiger partial charge in [-0.15, -0.1) is 0 Å². The van der Waals surface area contributed by atoms with Gasteiger partial charge in [0.15, 0.2) is 0 Å². The molecule has 0 spiro atoms. The van der Waals surface area contributed by atoms with Crippen LogP contribution in [0.25, 0.3) is 0 Å². The summed E-state index contributed by atoms with van der Waals surface area (Å²) in [6.07, 6.45) is 0.793. The molecule has 1 heterocycles. The molecule has 0 bridgehead atoms. The number of hydrogen-bond acceptors (Lipinski definition) is 2. The first-order valence-corrected chi connectivity index (χ1v) is 12.4. The summed E-state index contributed by atoms with van der Waals surface area (Å²) in [5, 5.41) is 0.265. The van der Waals surface area contributed by atoms with Crippen LogP contribution < -0.4 is 4.90 Å². The average molecular weight is 539 g/mol. The van der Waals surface area contributed by atoms with Crippen LogP contribution in [0.4, 0.5) is 38.3 Å². The molecule has 3 nitrogen and oxygen atoms in total. The molecule has 0 atom stereocenters. The molecule has 2 aliphatic rings. The van der Waals surface area contributed by atoms with Gasteiger partial charge in [0.2, 0.25) is 6.41 Å². The third-order valence-electron chi connectivity index (χ3n) is 4.61. The number of hydrogen-bond donors (Lipinski definition) is 0. The van der Waals surface area contributed by atoms with Crippen LogP contribution in [-0.4, -0.2) is 37.5 Å². The monoisotopic (exact) mass is 538 g/mol. The smallest absolute Gasteiger partial charge is 0.367 e. The van der Waals surface area contributed by atoms with E-state index in [9.17, 15) is 37.4 Å². The fourth-order valence-corrected chi connectivity index (χ4v) is 3.59. The summed E-state index contributed by atoms with van der Waals surface area (Å²) in [7, 11) is -9.43. The molecule has 1 aliphatic heterocycles. The summed E-state index contributed by atoms with van der Waals surface area (Å²) in [5.74, 6) is 0. The third kappa shape index (κ3) is 9.21. The Morgan fingerprint density at radius 1 is 0.824 bits per heavy atom. The first-order valence-electron chi connectivity index (χ1n) is 10.1. The predicted molar refractivity (Wildman–Crippen MR) is 118 cm³/mol. The van der Waals surface area contributed by atoms with Crippen molar-refractivity contribution >= 4 is 33.9 Å². The van der Waals surface area contributed by atoms with Crippen molar-refractivity contribution in [3.63, 3.8) is 0 Å². The molecule has 2 fully saturated rings. The van der Waals surface area contributed by atoms with Crippen LogP contribution >= 0.6 is 21.8 Å². The van der Waals surface area contributed by atoms with Crippen molar-refractivity contribution in [1.29, 1.82) is 0 Å². The fraction of sp³-hybridized carbons (Fsp3) is 0.381. The lowest BCUT2D eigenvalue weighted by atomic mass is 10.1.